The fraction of sp³-hybridized carbons (Fsp3) is 0.467. The van der Waals surface area contributed by atoms with Crippen LogP contribution in [0.3, 0.4) is 0 Å². The highest BCUT2D eigenvalue weighted by Crippen LogP contribution is 2.36. The molecular formula is C15H19BrN2O. The van der Waals surface area contributed by atoms with Crippen LogP contribution in [0.1, 0.15) is 18.2 Å². The van der Waals surface area contributed by atoms with Crippen LogP contribution in [0, 0.1) is 0 Å². The van der Waals surface area contributed by atoms with Gasteiger partial charge in [-0.05, 0) is 37.7 Å². The van der Waals surface area contributed by atoms with Gasteiger partial charge in [0.05, 0.1) is 12.6 Å². The first-order valence-corrected chi connectivity index (χ1v) is 7.48. The number of ether oxygens (including phenoxy) is 1. The topological polar surface area (TPSA) is 17.4 Å². The van der Waals surface area contributed by atoms with Gasteiger partial charge in [0.15, 0.2) is 0 Å². The zero-order chi connectivity index (χ0) is 13.4. The summed E-state index contributed by atoms with van der Waals surface area (Å²) < 4.78 is 8.78. The number of rotatable bonds is 4. The first-order valence-electron chi connectivity index (χ1n) is 6.68. The first kappa shape index (κ1) is 13.2. The van der Waals surface area contributed by atoms with E-state index in [1.165, 1.54) is 23.0 Å². The largest absolute Gasteiger partial charge is 0.383 e. The number of halogens is 1. The molecule has 0 saturated carbocycles. The lowest BCUT2D eigenvalue weighted by atomic mass is 10.1. The van der Waals surface area contributed by atoms with E-state index in [2.05, 4.69) is 56.7 Å². The zero-order valence-corrected chi connectivity index (χ0v) is 13.0. The minimum Gasteiger partial charge on any atom is -0.383 e. The Morgan fingerprint density at radius 3 is 3.05 bits per heavy atom. The minimum absolute atomic E-state index is 0.515. The van der Waals surface area contributed by atoms with Crippen molar-refractivity contribution in [1.29, 1.82) is 0 Å². The molecule has 1 atom stereocenters. The molecule has 1 aliphatic rings. The Balaban J connectivity index is 1.93. The predicted molar refractivity (Wildman–Crippen MR) is 81.5 cm³/mol. The second-order valence-electron chi connectivity index (χ2n) is 5.20. The van der Waals surface area contributed by atoms with Gasteiger partial charge in [-0.3, -0.25) is 4.90 Å². The standard InChI is InChI=1S/C15H19BrN2O/c1-17(7-8-19-2)14-5-6-18-13-4-3-12(16)9-11(13)10-15(14)18/h3-4,9-10,14H,5-8H2,1-2H3. The Bertz CT molecular complexity index is 593. The fourth-order valence-electron chi connectivity index (χ4n) is 3.03. The molecule has 0 saturated heterocycles. The molecule has 0 N–H and O–H groups in total. The summed E-state index contributed by atoms with van der Waals surface area (Å²) in [5.41, 5.74) is 2.78. The quantitative estimate of drug-likeness (QED) is 0.858. The highest BCUT2D eigenvalue weighted by atomic mass is 79.9. The molecule has 3 rings (SSSR count). The Hall–Kier alpha value is -0.840. The molecular weight excluding hydrogens is 304 g/mol. The number of aromatic nitrogens is 1. The van der Waals surface area contributed by atoms with Gasteiger partial charge in [-0.25, -0.2) is 0 Å². The maximum absolute atomic E-state index is 5.18. The highest BCUT2D eigenvalue weighted by molar-refractivity contribution is 9.10. The Labute approximate surface area is 122 Å². The molecule has 0 radical (unpaired) electrons. The lowest BCUT2D eigenvalue weighted by molar-refractivity contribution is 0.138. The number of fused-ring (bicyclic) bond motifs is 3. The Kier molecular flexibility index (Phi) is 3.65. The van der Waals surface area contributed by atoms with E-state index >= 15 is 0 Å². The average molecular weight is 323 g/mol. The molecule has 2 heterocycles. The molecule has 1 unspecified atom stereocenters. The van der Waals surface area contributed by atoms with Crippen LogP contribution in [0.5, 0.6) is 0 Å². The van der Waals surface area contributed by atoms with Crippen LogP contribution in [-0.4, -0.2) is 36.8 Å². The van der Waals surface area contributed by atoms with Crippen LogP contribution in [0.2, 0.25) is 0 Å². The summed E-state index contributed by atoms with van der Waals surface area (Å²) in [4.78, 5) is 2.40. The van der Waals surface area contributed by atoms with Gasteiger partial charge in [0.25, 0.3) is 0 Å². The highest BCUT2D eigenvalue weighted by Gasteiger charge is 2.27. The number of likely N-dealkylation sites (N-methyl/N-ethyl adjacent to an activating group) is 1. The van der Waals surface area contributed by atoms with E-state index in [0.717, 1.165) is 24.2 Å². The monoisotopic (exact) mass is 322 g/mol. The van der Waals surface area contributed by atoms with Crippen molar-refractivity contribution in [2.24, 2.45) is 0 Å². The van der Waals surface area contributed by atoms with Gasteiger partial charge >= 0.3 is 0 Å². The Morgan fingerprint density at radius 1 is 1.42 bits per heavy atom. The van der Waals surface area contributed by atoms with Crippen molar-refractivity contribution in [3.63, 3.8) is 0 Å². The van der Waals surface area contributed by atoms with Crippen LogP contribution in [0.25, 0.3) is 10.9 Å². The van der Waals surface area contributed by atoms with E-state index in [9.17, 15) is 0 Å². The summed E-state index contributed by atoms with van der Waals surface area (Å²) in [6, 6.07) is 9.38. The Morgan fingerprint density at radius 2 is 2.26 bits per heavy atom. The average Bonchev–Trinajstić information content (AvgIpc) is 2.93. The van der Waals surface area contributed by atoms with E-state index in [4.69, 9.17) is 4.74 Å². The van der Waals surface area contributed by atoms with Crippen molar-refractivity contribution in [3.8, 4) is 0 Å². The molecule has 4 heteroatoms. The van der Waals surface area contributed by atoms with Crippen LogP contribution in [0.15, 0.2) is 28.7 Å². The predicted octanol–water partition coefficient (Wildman–Crippen LogP) is 3.43. The van der Waals surface area contributed by atoms with Gasteiger partial charge in [-0.2, -0.15) is 0 Å². The third kappa shape index (κ3) is 2.33. The van der Waals surface area contributed by atoms with Crippen LogP contribution >= 0.6 is 15.9 Å². The normalized spacial score (nSPS) is 18.4. The summed E-state index contributed by atoms with van der Waals surface area (Å²) in [6.07, 6.45) is 1.20. The van der Waals surface area contributed by atoms with Crippen molar-refractivity contribution in [3.05, 3.63) is 34.4 Å². The second kappa shape index (κ2) is 5.27. The maximum Gasteiger partial charge on any atom is 0.0589 e. The van der Waals surface area contributed by atoms with Crippen molar-refractivity contribution in [2.45, 2.75) is 19.0 Å². The third-order valence-corrected chi connectivity index (χ3v) is 4.54. The van der Waals surface area contributed by atoms with Gasteiger partial charge in [0, 0.05) is 41.3 Å². The molecule has 0 fully saturated rings. The molecule has 0 bridgehead atoms. The van der Waals surface area contributed by atoms with E-state index in [1.54, 1.807) is 7.11 Å². The van der Waals surface area contributed by atoms with Crippen molar-refractivity contribution in [1.82, 2.24) is 9.47 Å². The smallest absolute Gasteiger partial charge is 0.0589 e. The molecule has 19 heavy (non-hydrogen) atoms. The molecule has 1 aliphatic heterocycles. The number of methoxy groups -OCH3 is 1. The number of hydrogen-bond acceptors (Lipinski definition) is 2. The number of nitrogens with zero attached hydrogens (tertiary/aromatic N) is 2. The van der Waals surface area contributed by atoms with E-state index < -0.39 is 0 Å². The van der Waals surface area contributed by atoms with E-state index in [-0.39, 0.29) is 0 Å². The lowest BCUT2D eigenvalue weighted by Gasteiger charge is -2.23. The molecule has 1 aromatic carbocycles. The number of hydrogen-bond donors (Lipinski definition) is 0. The zero-order valence-electron chi connectivity index (χ0n) is 11.4. The molecule has 0 spiro atoms. The van der Waals surface area contributed by atoms with Crippen LogP contribution in [-0.2, 0) is 11.3 Å². The SMILES string of the molecule is COCCN(C)C1CCn2c1cc1cc(Br)ccc12. The van der Waals surface area contributed by atoms with Gasteiger partial charge in [-0.15, -0.1) is 0 Å². The van der Waals surface area contributed by atoms with Gasteiger partial charge in [0.2, 0.25) is 0 Å². The van der Waals surface area contributed by atoms with Crippen molar-refractivity contribution < 1.29 is 4.74 Å². The molecule has 3 nitrogen and oxygen atoms in total. The van der Waals surface area contributed by atoms with Crippen molar-refractivity contribution >= 4 is 26.8 Å². The number of aryl methyl sites for hydroxylation is 1. The molecule has 0 amide bonds. The summed E-state index contributed by atoms with van der Waals surface area (Å²) in [7, 11) is 3.95. The van der Waals surface area contributed by atoms with Crippen LogP contribution < -0.4 is 0 Å². The molecule has 0 aliphatic carbocycles. The summed E-state index contributed by atoms with van der Waals surface area (Å²) in [6.45, 7) is 2.88. The maximum atomic E-state index is 5.18. The molecule has 102 valence electrons. The van der Waals surface area contributed by atoms with Gasteiger partial charge < -0.3 is 9.30 Å². The summed E-state index contributed by atoms with van der Waals surface area (Å²) >= 11 is 3.55. The van der Waals surface area contributed by atoms with E-state index in [0.29, 0.717) is 6.04 Å². The van der Waals surface area contributed by atoms with E-state index in [1.807, 2.05) is 0 Å². The van der Waals surface area contributed by atoms with Gasteiger partial charge in [-0.1, -0.05) is 15.9 Å². The summed E-state index contributed by atoms with van der Waals surface area (Å²) in [5.74, 6) is 0. The third-order valence-electron chi connectivity index (χ3n) is 4.04. The summed E-state index contributed by atoms with van der Waals surface area (Å²) in [5, 5.41) is 1.33. The first-order chi connectivity index (χ1) is 9.20. The minimum atomic E-state index is 0.515. The van der Waals surface area contributed by atoms with Crippen molar-refractivity contribution in [2.75, 3.05) is 27.3 Å². The second-order valence-corrected chi connectivity index (χ2v) is 6.12. The van der Waals surface area contributed by atoms with Gasteiger partial charge in [0.1, 0.15) is 0 Å². The molecule has 2 aromatic rings. The number of benzene rings is 1. The fourth-order valence-corrected chi connectivity index (χ4v) is 3.40. The lowest BCUT2D eigenvalue weighted by Crippen LogP contribution is -2.26. The molecule has 1 aromatic heterocycles. The van der Waals surface area contributed by atoms with Crippen LogP contribution in [0.4, 0.5) is 0 Å².